The van der Waals surface area contributed by atoms with Gasteiger partial charge in [0.05, 0.1) is 27.6 Å². The molecule has 0 saturated heterocycles. The summed E-state index contributed by atoms with van der Waals surface area (Å²) in [6.45, 7) is 0. The van der Waals surface area contributed by atoms with E-state index in [1.54, 1.807) is 30.3 Å². The average Bonchev–Trinajstić information content (AvgIpc) is 2.68. The van der Waals surface area contributed by atoms with Gasteiger partial charge in [0, 0.05) is 12.3 Å². The number of hydrogen-bond acceptors (Lipinski definition) is 10. The average molecular weight is 415 g/mol. The second-order valence-corrected chi connectivity index (χ2v) is 7.11. The van der Waals surface area contributed by atoms with Gasteiger partial charge in [-0.25, -0.2) is 4.79 Å². The maximum absolute atomic E-state index is 12.3. The van der Waals surface area contributed by atoms with Gasteiger partial charge in [-0.15, -0.1) is 0 Å². The molecular formula is C17H21NO9S. The summed E-state index contributed by atoms with van der Waals surface area (Å²) >= 11 is 0. The minimum atomic E-state index is -4.00. The van der Waals surface area contributed by atoms with Gasteiger partial charge in [-0.2, -0.15) is 8.42 Å². The fourth-order valence-electron chi connectivity index (χ4n) is 2.40. The summed E-state index contributed by atoms with van der Waals surface area (Å²) in [4.78, 5) is 36.6. The molecule has 0 fully saturated rings. The summed E-state index contributed by atoms with van der Waals surface area (Å²) in [5.41, 5.74) is 0.0406. The topological polar surface area (TPSA) is 135 Å². The highest BCUT2D eigenvalue weighted by atomic mass is 32.2. The molecule has 0 aliphatic rings. The Kier molecular flexibility index (Phi) is 8.58. The van der Waals surface area contributed by atoms with Gasteiger partial charge in [0.2, 0.25) is 0 Å². The first-order chi connectivity index (χ1) is 13.1. The number of methoxy groups -OCH3 is 3. The summed E-state index contributed by atoms with van der Waals surface area (Å²) in [5.74, 6) is -5.19. The predicted octanol–water partition coefficient (Wildman–Crippen LogP) is 0.628. The van der Waals surface area contributed by atoms with Crippen LogP contribution in [0.3, 0.4) is 0 Å². The molecule has 1 rings (SSSR count). The molecule has 0 aliphatic carbocycles. The Labute approximate surface area is 162 Å². The van der Waals surface area contributed by atoms with E-state index in [1.807, 2.05) is 0 Å². The van der Waals surface area contributed by atoms with Crippen LogP contribution in [-0.2, 0) is 43.0 Å². The third kappa shape index (κ3) is 6.65. The molecule has 1 atom stereocenters. The molecule has 0 N–H and O–H groups in total. The third-order valence-electron chi connectivity index (χ3n) is 3.66. The number of oxime groups is 1. The van der Waals surface area contributed by atoms with Crippen molar-refractivity contribution in [3.63, 3.8) is 0 Å². The van der Waals surface area contributed by atoms with E-state index in [4.69, 9.17) is 9.47 Å². The minimum Gasteiger partial charge on any atom is -0.468 e. The maximum Gasteiger partial charge on any atom is 0.355 e. The number of benzene rings is 1. The normalized spacial score (nSPS) is 12.8. The van der Waals surface area contributed by atoms with E-state index in [1.165, 1.54) is 0 Å². The maximum atomic E-state index is 12.3. The second-order valence-electron chi connectivity index (χ2n) is 5.55. The zero-order valence-electron chi connectivity index (χ0n) is 15.8. The van der Waals surface area contributed by atoms with Crippen LogP contribution in [0.25, 0.3) is 0 Å². The van der Waals surface area contributed by atoms with Crippen LogP contribution >= 0.6 is 0 Å². The van der Waals surface area contributed by atoms with Gasteiger partial charge in [0.15, 0.2) is 11.6 Å². The molecule has 0 aliphatic heterocycles. The smallest absolute Gasteiger partial charge is 0.355 e. The molecule has 1 aromatic rings. The fourth-order valence-corrected chi connectivity index (χ4v) is 2.63. The second kappa shape index (κ2) is 10.4. The van der Waals surface area contributed by atoms with Crippen molar-refractivity contribution in [1.29, 1.82) is 0 Å². The zero-order valence-corrected chi connectivity index (χ0v) is 16.6. The van der Waals surface area contributed by atoms with Gasteiger partial charge in [-0.05, 0) is 5.56 Å². The van der Waals surface area contributed by atoms with Crippen LogP contribution in [0.5, 0.6) is 0 Å². The summed E-state index contributed by atoms with van der Waals surface area (Å²) in [6, 6.07) is 8.28. The molecule has 154 valence electrons. The molecule has 1 unspecified atom stereocenters. The summed E-state index contributed by atoms with van der Waals surface area (Å²) < 4.78 is 40.7. The van der Waals surface area contributed by atoms with Gasteiger partial charge in [0.1, 0.15) is 0 Å². The van der Waals surface area contributed by atoms with Crippen LogP contribution in [0.15, 0.2) is 35.5 Å². The molecule has 28 heavy (non-hydrogen) atoms. The van der Waals surface area contributed by atoms with E-state index in [0.29, 0.717) is 5.56 Å². The molecule has 0 aromatic heterocycles. The number of hydrogen-bond donors (Lipinski definition) is 0. The molecule has 0 bridgehead atoms. The fraction of sp³-hybridized carbons (Fsp3) is 0.412. The molecule has 0 spiro atoms. The first-order valence-electron chi connectivity index (χ1n) is 7.89. The molecule has 10 nitrogen and oxygen atoms in total. The van der Waals surface area contributed by atoms with Gasteiger partial charge in [-0.1, -0.05) is 35.5 Å². The van der Waals surface area contributed by atoms with Crippen molar-refractivity contribution < 1.29 is 41.3 Å². The molecule has 0 saturated carbocycles. The van der Waals surface area contributed by atoms with Crippen LogP contribution in [0, 0.1) is 5.92 Å². The van der Waals surface area contributed by atoms with Crippen LogP contribution < -0.4 is 0 Å². The Bertz CT molecular complexity index is 817. The van der Waals surface area contributed by atoms with E-state index >= 15 is 0 Å². The van der Waals surface area contributed by atoms with Crippen LogP contribution in [0.4, 0.5) is 0 Å². The molecule has 0 radical (unpaired) electrons. The third-order valence-corrected chi connectivity index (χ3v) is 4.00. The van der Waals surface area contributed by atoms with Gasteiger partial charge in [0.25, 0.3) is 0 Å². The van der Waals surface area contributed by atoms with Gasteiger partial charge in [-0.3, -0.25) is 13.9 Å². The van der Waals surface area contributed by atoms with Crippen molar-refractivity contribution in [3.05, 3.63) is 35.9 Å². The first kappa shape index (κ1) is 23.1. The quantitative estimate of drug-likeness (QED) is 0.187. The van der Waals surface area contributed by atoms with E-state index in [0.717, 1.165) is 27.6 Å². The van der Waals surface area contributed by atoms with Crippen molar-refractivity contribution in [2.45, 2.75) is 12.3 Å². The number of carbonyl (C=O) groups is 3. The minimum absolute atomic E-state index is 0.360. The summed E-state index contributed by atoms with van der Waals surface area (Å²) in [6.07, 6.45) is 0.382. The lowest BCUT2D eigenvalue weighted by Gasteiger charge is -2.23. The summed E-state index contributed by atoms with van der Waals surface area (Å²) in [5, 5.41) is 3.33. The van der Waals surface area contributed by atoms with Gasteiger partial charge < -0.3 is 14.2 Å². The largest absolute Gasteiger partial charge is 0.468 e. The number of rotatable bonds is 9. The highest BCUT2D eigenvalue weighted by molar-refractivity contribution is 7.85. The summed E-state index contributed by atoms with van der Waals surface area (Å²) in [7, 11) is -0.739. The van der Waals surface area contributed by atoms with Gasteiger partial charge >= 0.3 is 28.0 Å². The predicted molar refractivity (Wildman–Crippen MR) is 96.7 cm³/mol. The van der Waals surface area contributed by atoms with E-state index in [-0.39, 0.29) is 6.42 Å². The Morgan fingerprint density at radius 1 is 0.964 bits per heavy atom. The lowest BCUT2D eigenvalue weighted by Crippen LogP contribution is -2.34. The van der Waals surface area contributed by atoms with E-state index in [2.05, 4.69) is 14.2 Å². The zero-order chi connectivity index (χ0) is 21.3. The number of nitrogens with zero attached hydrogens (tertiary/aromatic N) is 1. The molecule has 0 heterocycles. The molecular weight excluding hydrogens is 394 g/mol. The standard InChI is InChI=1S/C17H21NO9S/c1-24-15(19)13(18-27-28(4,22)23)10-12(11-8-6-5-7-9-11)14(16(20)25-2)17(21)26-3/h5-9,12,14H,10H2,1-4H3/b18-13+. The SMILES string of the molecule is COC(=O)/C(CC(c1ccccc1)C(C(=O)OC)C(=O)OC)=N/OS(C)(=O)=O. The first-order valence-corrected chi connectivity index (χ1v) is 9.70. The van der Waals surface area contributed by atoms with Crippen LogP contribution in [-0.4, -0.2) is 59.6 Å². The Hall–Kier alpha value is -2.95. The Morgan fingerprint density at radius 2 is 1.50 bits per heavy atom. The van der Waals surface area contributed by atoms with Crippen molar-refractivity contribution in [3.8, 4) is 0 Å². The van der Waals surface area contributed by atoms with Crippen molar-refractivity contribution in [1.82, 2.24) is 0 Å². The Morgan fingerprint density at radius 3 is 1.93 bits per heavy atom. The monoisotopic (exact) mass is 415 g/mol. The van der Waals surface area contributed by atoms with Crippen molar-refractivity contribution in [2.24, 2.45) is 11.1 Å². The molecule has 0 amide bonds. The highest BCUT2D eigenvalue weighted by Gasteiger charge is 2.39. The van der Waals surface area contributed by atoms with E-state index in [9.17, 15) is 22.8 Å². The van der Waals surface area contributed by atoms with Crippen molar-refractivity contribution in [2.75, 3.05) is 27.6 Å². The van der Waals surface area contributed by atoms with Crippen LogP contribution in [0.2, 0.25) is 0 Å². The lowest BCUT2D eigenvalue weighted by molar-refractivity contribution is -0.160. The van der Waals surface area contributed by atoms with Crippen LogP contribution in [0.1, 0.15) is 17.9 Å². The number of carbonyl (C=O) groups excluding carboxylic acids is 3. The van der Waals surface area contributed by atoms with E-state index < -0.39 is 45.6 Å². The Balaban J connectivity index is 3.46. The van der Waals surface area contributed by atoms with Crippen molar-refractivity contribution >= 4 is 33.7 Å². The number of ether oxygens (including phenoxy) is 3. The number of esters is 3. The highest BCUT2D eigenvalue weighted by Crippen LogP contribution is 2.31. The lowest BCUT2D eigenvalue weighted by atomic mass is 9.82. The molecule has 11 heteroatoms. The molecule has 1 aromatic carbocycles.